The molecule has 3 rings (SSSR count). The first-order chi connectivity index (χ1) is 9.65. The molecule has 1 aromatic carbocycles. The lowest BCUT2D eigenvalue weighted by atomic mass is 10.1. The van der Waals surface area contributed by atoms with Crippen molar-refractivity contribution in [2.75, 3.05) is 5.73 Å². The Morgan fingerprint density at radius 2 is 1.80 bits per heavy atom. The van der Waals surface area contributed by atoms with E-state index < -0.39 is 0 Å². The van der Waals surface area contributed by atoms with Crippen LogP contribution in [0.3, 0.4) is 0 Å². The standard InChI is InChI=1S/C16H16N4/c1-11-10-13(17)16(12-6-4-3-5-7-12)18-15(11)14-8-9-20(2)19-14/h3-10H,17H2,1-2H3. The first-order valence-corrected chi connectivity index (χ1v) is 6.47. The summed E-state index contributed by atoms with van der Waals surface area (Å²) in [5.74, 6) is 0. The van der Waals surface area contributed by atoms with E-state index in [9.17, 15) is 0 Å². The van der Waals surface area contributed by atoms with Crippen molar-refractivity contribution in [3.63, 3.8) is 0 Å². The summed E-state index contributed by atoms with van der Waals surface area (Å²) in [4.78, 5) is 4.72. The van der Waals surface area contributed by atoms with E-state index in [0.29, 0.717) is 5.69 Å². The van der Waals surface area contributed by atoms with Gasteiger partial charge in [-0.05, 0) is 24.6 Å². The van der Waals surface area contributed by atoms with Crippen LogP contribution in [0.15, 0.2) is 48.7 Å². The summed E-state index contributed by atoms with van der Waals surface area (Å²) in [6.45, 7) is 2.00. The van der Waals surface area contributed by atoms with Gasteiger partial charge in [0.05, 0.1) is 17.1 Å². The molecule has 3 aromatic rings. The third-order valence-electron chi connectivity index (χ3n) is 3.25. The summed E-state index contributed by atoms with van der Waals surface area (Å²) >= 11 is 0. The van der Waals surface area contributed by atoms with Gasteiger partial charge in [0.25, 0.3) is 0 Å². The maximum Gasteiger partial charge on any atom is 0.111 e. The number of nitrogens with zero attached hydrogens (tertiary/aromatic N) is 3. The van der Waals surface area contributed by atoms with Crippen LogP contribution in [-0.2, 0) is 7.05 Å². The molecular weight excluding hydrogens is 248 g/mol. The SMILES string of the molecule is Cc1cc(N)c(-c2ccccc2)nc1-c1ccn(C)n1. The van der Waals surface area contributed by atoms with Crippen LogP contribution < -0.4 is 5.73 Å². The van der Waals surface area contributed by atoms with Gasteiger partial charge in [0.1, 0.15) is 5.69 Å². The summed E-state index contributed by atoms with van der Waals surface area (Å²) in [7, 11) is 1.90. The van der Waals surface area contributed by atoms with Gasteiger partial charge >= 0.3 is 0 Å². The number of rotatable bonds is 2. The van der Waals surface area contributed by atoms with Gasteiger partial charge in [-0.25, -0.2) is 4.98 Å². The molecule has 0 spiro atoms. The number of nitrogens with two attached hydrogens (primary N) is 1. The molecule has 0 bridgehead atoms. The number of aromatic nitrogens is 3. The molecule has 0 saturated heterocycles. The zero-order chi connectivity index (χ0) is 14.1. The van der Waals surface area contributed by atoms with Crippen LogP contribution in [-0.4, -0.2) is 14.8 Å². The third kappa shape index (κ3) is 2.16. The van der Waals surface area contributed by atoms with Crippen molar-refractivity contribution in [2.45, 2.75) is 6.92 Å². The number of aryl methyl sites for hydroxylation is 2. The molecule has 0 fully saturated rings. The summed E-state index contributed by atoms with van der Waals surface area (Å²) in [5.41, 5.74) is 11.4. The Morgan fingerprint density at radius 3 is 2.45 bits per heavy atom. The summed E-state index contributed by atoms with van der Waals surface area (Å²) in [6, 6.07) is 13.9. The number of pyridine rings is 1. The van der Waals surface area contributed by atoms with E-state index in [0.717, 1.165) is 28.2 Å². The molecular formula is C16H16N4. The molecule has 2 N–H and O–H groups in total. The predicted octanol–water partition coefficient (Wildman–Crippen LogP) is 3.04. The molecule has 0 amide bonds. The second-order valence-corrected chi connectivity index (χ2v) is 4.83. The molecule has 20 heavy (non-hydrogen) atoms. The minimum Gasteiger partial charge on any atom is -0.397 e. The van der Waals surface area contributed by atoms with Gasteiger partial charge in [-0.15, -0.1) is 0 Å². The smallest absolute Gasteiger partial charge is 0.111 e. The Hall–Kier alpha value is -2.62. The fourth-order valence-corrected chi connectivity index (χ4v) is 2.26. The van der Waals surface area contributed by atoms with Crippen LogP contribution in [0.4, 0.5) is 5.69 Å². The van der Waals surface area contributed by atoms with E-state index >= 15 is 0 Å². The first-order valence-electron chi connectivity index (χ1n) is 6.47. The van der Waals surface area contributed by atoms with Crippen molar-refractivity contribution in [3.8, 4) is 22.6 Å². The monoisotopic (exact) mass is 264 g/mol. The Kier molecular flexibility index (Phi) is 2.99. The fraction of sp³-hybridized carbons (Fsp3) is 0.125. The van der Waals surface area contributed by atoms with Crippen LogP contribution in [0, 0.1) is 6.92 Å². The highest BCUT2D eigenvalue weighted by Crippen LogP contribution is 2.29. The van der Waals surface area contributed by atoms with E-state index in [1.165, 1.54) is 0 Å². The van der Waals surface area contributed by atoms with Gasteiger partial charge in [-0.2, -0.15) is 5.10 Å². The van der Waals surface area contributed by atoms with Crippen molar-refractivity contribution in [2.24, 2.45) is 7.05 Å². The Bertz CT molecular complexity index is 744. The van der Waals surface area contributed by atoms with E-state index in [2.05, 4.69) is 5.10 Å². The van der Waals surface area contributed by atoms with Crippen molar-refractivity contribution in [1.82, 2.24) is 14.8 Å². The molecule has 0 unspecified atom stereocenters. The zero-order valence-electron chi connectivity index (χ0n) is 11.5. The first kappa shape index (κ1) is 12.4. The number of hydrogen-bond donors (Lipinski definition) is 1. The Morgan fingerprint density at radius 1 is 1.05 bits per heavy atom. The van der Waals surface area contributed by atoms with Gasteiger partial charge in [0.15, 0.2) is 0 Å². The lowest BCUT2D eigenvalue weighted by molar-refractivity contribution is 0.770. The Labute approximate surface area is 117 Å². The topological polar surface area (TPSA) is 56.7 Å². The second kappa shape index (κ2) is 4.81. The molecule has 0 aliphatic heterocycles. The molecule has 0 aliphatic carbocycles. The molecule has 4 heteroatoms. The third-order valence-corrected chi connectivity index (χ3v) is 3.25. The Balaban J connectivity index is 2.18. The largest absolute Gasteiger partial charge is 0.397 e. The molecule has 100 valence electrons. The zero-order valence-corrected chi connectivity index (χ0v) is 11.5. The lowest BCUT2D eigenvalue weighted by Crippen LogP contribution is -1.99. The normalized spacial score (nSPS) is 10.7. The van der Waals surface area contributed by atoms with Crippen LogP contribution in [0.5, 0.6) is 0 Å². The lowest BCUT2D eigenvalue weighted by Gasteiger charge is -2.10. The average Bonchev–Trinajstić information content (AvgIpc) is 2.86. The average molecular weight is 264 g/mol. The summed E-state index contributed by atoms with van der Waals surface area (Å²) < 4.78 is 1.77. The number of hydrogen-bond acceptors (Lipinski definition) is 3. The van der Waals surface area contributed by atoms with Crippen molar-refractivity contribution >= 4 is 5.69 Å². The minimum absolute atomic E-state index is 0.688. The molecule has 0 radical (unpaired) electrons. The second-order valence-electron chi connectivity index (χ2n) is 4.83. The number of benzene rings is 1. The van der Waals surface area contributed by atoms with Gasteiger partial charge in [0, 0.05) is 18.8 Å². The maximum atomic E-state index is 6.12. The molecule has 4 nitrogen and oxygen atoms in total. The van der Waals surface area contributed by atoms with Gasteiger partial charge < -0.3 is 5.73 Å². The minimum atomic E-state index is 0.688. The predicted molar refractivity (Wildman–Crippen MR) is 81.0 cm³/mol. The van der Waals surface area contributed by atoms with Crippen molar-refractivity contribution < 1.29 is 0 Å². The van der Waals surface area contributed by atoms with E-state index in [1.54, 1.807) is 4.68 Å². The quantitative estimate of drug-likeness (QED) is 0.774. The molecule has 0 atom stereocenters. The highest BCUT2D eigenvalue weighted by atomic mass is 15.2. The van der Waals surface area contributed by atoms with E-state index in [-0.39, 0.29) is 0 Å². The molecule has 0 aliphatic rings. The van der Waals surface area contributed by atoms with Crippen LogP contribution in [0.2, 0.25) is 0 Å². The van der Waals surface area contributed by atoms with Crippen molar-refractivity contribution in [3.05, 3.63) is 54.2 Å². The highest BCUT2D eigenvalue weighted by Gasteiger charge is 2.12. The summed E-state index contributed by atoms with van der Waals surface area (Å²) in [6.07, 6.45) is 1.91. The molecule has 2 aromatic heterocycles. The van der Waals surface area contributed by atoms with Crippen molar-refractivity contribution in [1.29, 1.82) is 0 Å². The fourth-order valence-electron chi connectivity index (χ4n) is 2.26. The number of nitrogen functional groups attached to an aromatic ring is 1. The number of anilines is 1. The van der Waals surface area contributed by atoms with E-state index in [1.807, 2.05) is 62.6 Å². The molecule has 2 heterocycles. The molecule has 0 saturated carbocycles. The maximum absolute atomic E-state index is 6.12. The van der Waals surface area contributed by atoms with Gasteiger partial charge in [-0.3, -0.25) is 4.68 Å². The van der Waals surface area contributed by atoms with Gasteiger partial charge in [0.2, 0.25) is 0 Å². The highest BCUT2D eigenvalue weighted by molar-refractivity contribution is 5.76. The van der Waals surface area contributed by atoms with Crippen LogP contribution in [0.1, 0.15) is 5.56 Å². The summed E-state index contributed by atoms with van der Waals surface area (Å²) in [5, 5.41) is 4.42. The van der Waals surface area contributed by atoms with Gasteiger partial charge in [-0.1, -0.05) is 30.3 Å². The van der Waals surface area contributed by atoms with E-state index in [4.69, 9.17) is 10.7 Å². The van der Waals surface area contributed by atoms with Crippen LogP contribution >= 0.6 is 0 Å². The van der Waals surface area contributed by atoms with Crippen LogP contribution in [0.25, 0.3) is 22.6 Å².